The minimum absolute atomic E-state index is 0.0182. The molecule has 0 atom stereocenters. The number of nitrogens with one attached hydrogen (secondary N) is 2. The van der Waals surface area contributed by atoms with E-state index < -0.39 is 21.7 Å². The van der Waals surface area contributed by atoms with Crippen molar-refractivity contribution in [2.75, 3.05) is 31.9 Å². The van der Waals surface area contributed by atoms with Gasteiger partial charge in [0.15, 0.2) is 5.82 Å². The molecular weight excluding hydrogens is 598 g/mol. The van der Waals surface area contributed by atoms with Crippen molar-refractivity contribution in [3.8, 4) is 11.1 Å². The molecule has 39 heavy (non-hydrogen) atoms. The molecule has 0 aliphatic heterocycles. The van der Waals surface area contributed by atoms with Crippen molar-refractivity contribution < 1.29 is 35.9 Å². The Kier molecular flexibility index (Phi) is 8.70. The molecule has 0 spiro atoms. The van der Waals surface area contributed by atoms with Gasteiger partial charge in [0.05, 0.1) is 28.6 Å². The molecule has 0 unspecified atom stereocenters. The topological polar surface area (TPSA) is 107 Å². The van der Waals surface area contributed by atoms with Crippen LogP contribution in [-0.2, 0) is 32.5 Å². The fourth-order valence-electron chi connectivity index (χ4n) is 4.16. The molecule has 1 amide bonds. The van der Waals surface area contributed by atoms with Gasteiger partial charge in [-0.05, 0) is 62.8 Å². The van der Waals surface area contributed by atoms with Gasteiger partial charge in [0.2, 0.25) is 10.0 Å². The number of sulfonamides is 1. The summed E-state index contributed by atoms with van der Waals surface area (Å²) in [6, 6.07) is 10.9. The van der Waals surface area contributed by atoms with Gasteiger partial charge in [-0.2, -0.15) is 0 Å². The predicted molar refractivity (Wildman–Crippen MR) is 147 cm³/mol. The van der Waals surface area contributed by atoms with Crippen molar-refractivity contribution >= 4 is 48.5 Å². The van der Waals surface area contributed by atoms with Gasteiger partial charge in [-0.25, -0.2) is 17.2 Å². The number of methoxy groups -OCH3 is 1. The third kappa shape index (κ3) is 6.47. The Morgan fingerprint density at radius 3 is 2.56 bits per heavy atom. The highest BCUT2D eigenvalue weighted by Gasteiger charge is 2.20. The minimum atomic E-state index is -3.86. The zero-order chi connectivity index (χ0) is 28.3. The highest BCUT2D eigenvalue weighted by atomic mass is 79.9. The molecule has 0 saturated carbocycles. The fourth-order valence-corrected chi connectivity index (χ4v) is 5.09. The van der Waals surface area contributed by atoms with Gasteiger partial charge < -0.3 is 19.2 Å². The summed E-state index contributed by atoms with van der Waals surface area (Å²) in [7, 11) is -0.895. The lowest BCUT2D eigenvalue weighted by molar-refractivity contribution is -0.0393. The summed E-state index contributed by atoms with van der Waals surface area (Å²) in [5.41, 5.74) is 2.26. The predicted octanol–water partition coefficient (Wildman–Crippen LogP) is 5.58. The van der Waals surface area contributed by atoms with Crippen molar-refractivity contribution in [1.82, 2.24) is 5.32 Å². The van der Waals surface area contributed by atoms with E-state index in [1.165, 1.54) is 32.6 Å². The Labute approximate surface area is 232 Å². The summed E-state index contributed by atoms with van der Waals surface area (Å²) < 4.78 is 73.1. The first-order valence-electron chi connectivity index (χ1n) is 11.6. The molecule has 1 heterocycles. The largest absolute Gasteiger partial charge is 0.463 e. The lowest BCUT2D eigenvalue weighted by Crippen LogP contribution is -2.17. The summed E-state index contributed by atoms with van der Waals surface area (Å²) in [4.78, 5) is 12.1. The Hall–Kier alpha value is -3.32. The summed E-state index contributed by atoms with van der Waals surface area (Å²) >= 11 is 3.21. The number of furan rings is 1. The molecule has 4 aromatic rings. The first kappa shape index (κ1) is 28.7. The fraction of sp³-hybridized carbons (Fsp3) is 0.222. The van der Waals surface area contributed by atoms with Crippen molar-refractivity contribution in [2.24, 2.45) is 0 Å². The molecule has 0 bridgehead atoms. The van der Waals surface area contributed by atoms with Gasteiger partial charge in [0.25, 0.3) is 5.91 Å². The van der Waals surface area contributed by atoms with E-state index in [0.717, 1.165) is 6.26 Å². The quantitative estimate of drug-likeness (QED) is 0.177. The lowest BCUT2D eigenvalue weighted by Gasteiger charge is -2.16. The van der Waals surface area contributed by atoms with E-state index in [4.69, 9.17) is 13.9 Å². The van der Waals surface area contributed by atoms with Crippen LogP contribution < -0.4 is 10.0 Å². The molecule has 206 valence electrons. The second kappa shape index (κ2) is 11.8. The van der Waals surface area contributed by atoms with Gasteiger partial charge >= 0.3 is 0 Å². The van der Waals surface area contributed by atoms with Crippen LogP contribution in [0.25, 0.3) is 22.1 Å². The highest BCUT2D eigenvalue weighted by Crippen LogP contribution is 2.35. The Bertz CT molecular complexity index is 1660. The van der Waals surface area contributed by atoms with Gasteiger partial charge in [-0.15, -0.1) is 0 Å². The molecule has 3 aromatic carbocycles. The second-order valence-corrected chi connectivity index (χ2v) is 11.3. The van der Waals surface area contributed by atoms with Gasteiger partial charge in [-0.1, -0.05) is 24.3 Å². The first-order chi connectivity index (χ1) is 18.5. The maximum absolute atomic E-state index is 15.9. The molecule has 0 radical (unpaired) electrons. The van der Waals surface area contributed by atoms with E-state index in [1.807, 2.05) is 0 Å². The van der Waals surface area contributed by atoms with E-state index in [9.17, 15) is 17.6 Å². The van der Waals surface area contributed by atoms with Crippen molar-refractivity contribution in [2.45, 2.75) is 13.0 Å². The standard InChI is InChI=1S/C27H25BrF2N2O6S/c1-31-27(33)21-13-38-23-11-16(4-7-20(21)23)19-6-5-17(26(25(19)30)32-39(3,34)35)8-15-9-18(12-37-14-36-2)24(28)22(29)10-15/h4-7,9-11,13,32H,8,12,14H2,1-3H3,(H,31,33). The summed E-state index contributed by atoms with van der Waals surface area (Å²) in [5, 5.41) is 3.08. The Morgan fingerprint density at radius 2 is 1.87 bits per heavy atom. The number of carbonyl (C=O) groups is 1. The van der Waals surface area contributed by atoms with Crippen molar-refractivity contribution in [3.05, 3.63) is 87.1 Å². The number of hydrogen-bond donors (Lipinski definition) is 2. The molecule has 0 saturated heterocycles. The normalized spacial score (nSPS) is 11.6. The smallest absolute Gasteiger partial charge is 0.254 e. The summed E-state index contributed by atoms with van der Waals surface area (Å²) in [6.07, 6.45) is 2.27. The molecule has 0 aliphatic rings. The molecule has 8 nitrogen and oxygen atoms in total. The van der Waals surface area contributed by atoms with Crippen LogP contribution in [0.15, 0.2) is 57.6 Å². The summed E-state index contributed by atoms with van der Waals surface area (Å²) in [6.45, 7) is 0.0854. The molecule has 12 heteroatoms. The molecular formula is C27H25BrF2N2O6S. The number of ether oxygens (including phenoxy) is 2. The highest BCUT2D eigenvalue weighted by molar-refractivity contribution is 9.10. The average Bonchev–Trinajstić information content (AvgIpc) is 3.31. The zero-order valence-corrected chi connectivity index (χ0v) is 23.6. The second-order valence-electron chi connectivity index (χ2n) is 8.76. The molecule has 0 fully saturated rings. The van der Waals surface area contributed by atoms with Crippen LogP contribution in [0.3, 0.4) is 0 Å². The molecule has 0 aliphatic carbocycles. The van der Waals surface area contributed by atoms with Crippen LogP contribution in [0.5, 0.6) is 0 Å². The van der Waals surface area contributed by atoms with Gasteiger partial charge in [0, 0.05) is 25.1 Å². The van der Waals surface area contributed by atoms with E-state index >= 15 is 4.39 Å². The number of hydrogen-bond acceptors (Lipinski definition) is 6. The van der Waals surface area contributed by atoms with Crippen molar-refractivity contribution in [1.29, 1.82) is 0 Å². The Balaban J connectivity index is 1.75. The van der Waals surface area contributed by atoms with Crippen molar-refractivity contribution in [3.63, 3.8) is 0 Å². The monoisotopic (exact) mass is 622 g/mol. The maximum atomic E-state index is 15.9. The van der Waals surface area contributed by atoms with Crippen LogP contribution in [-0.4, -0.2) is 41.5 Å². The average molecular weight is 623 g/mol. The maximum Gasteiger partial charge on any atom is 0.254 e. The number of anilines is 1. The third-order valence-electron chi connectivity index (χ3n) is 5.89. The Morgan fingerprint density at radius 1 is 1.10 bits per heavy atom. The molecule has 1 aromatic heterocycles. The van der Waals surface area contributed by atoms with Crippen LogP contribution in [0.1, 0.15) is 27.0 Å². The number of fused-ring (bicyclic) bond motifs is 1. The van der Waals surface area contributed by atoms with Gasteiger partial charge in [0.1, 0.15) is 24.5 Å². The van der Waals surface area contributed by atoms with Crippen LogP contribution in [0, 0.1) is 11.6 Å². The lowest BCUT2D eigenvalue weighted by atomic mass is 9.96. The van der Waals surface area contributed by atoms with E-state index in [2.05, 4.69) is 26.0 Å². The zero-order valence-electron chi connectivity index (χ0n) is 21.2. The molecule has 2 N–H and O–H groups in total. The summed E-state index contributed by atoms with van der Waals surface area (Å²) in [5.74, 6) is -1.67. The van der Waals surface area contributed by atoms with E-state index in [-0.39, 0.29) is 41.5 Å². The number of halogens is 3. The van der Waals surface area contributed by atoms with E-state index in [1.54, 1.807) is 30.3 Å². The number of carbonyl (C=O) groups excluding carboxylic acids is 1. The SMILES string of the molecule is CNC(=O)c1coc2cc(-c3ccc(Cc4cc(F)c(Br)c(COCOC)c4)c(NS(C)(=O)=O)c3F)ccc12. The number of amides is 1. The number of rotatable bonds is 10. The van der Waals surface area contributed by atoms with Crippen LogP contribution in [0.2, 0.25) is 0 Å². The van der Waals surface area contributed by atoms with Crippen LogP contribution in [0.4, 0.5) is 14.5 Å². The first-order valence-corrected chi connectivity index (χ1v) is 14.3. The third-order valence-corrected chi connectivity index (χ3v) is 7.35. The minimum Gasteiger partial charge on any atom is -0.463 e. The van der Waals surface area contributed by atoms with Crippen LogP contribution >= 0.6 is 15.9 Å². The van der Waals surface area contributed by atoms with Gasteiger partial charge in [-0.3, -0.25) is 9.52 Å². The molecule has 4 rings (SSSR count). The van der Waals surface area contributed by atoms with E-state index in [0.29, 0.717) is 38.8 Å². The number of benzene rings is 3.